The number of aliphatic hydroxyl groups excluding tert-OH is 1. The lowest BCUT2D eigenvalue weighted by molar-refractivity contribution is -0.130. The number of hydrogen-bond donors (Lipinski definition) is 4. The van der Waals surface area contributed by atoms with Gasteiger partial charge in [0.05, 0.1) is 24.1 Å². The van der Waals surface area contributed by atoms with Crippen LogP contribution in [0.3, 0.4) is 0 Å². The minimum atomic E-state index is -0.949. The molecule has 250 valence electrons. The average Bonchev–Trinajstić information content (AvgIpc) is 3.66. The van der Waals surface area contributed by atoms with Gasteiger partial charge in [-0.15, -0.1) is 0 Å². The third kappa shape index (κ3) is 8.28. The lowest BCUT2D eigenvalue weighted by Crippen LogP contribution is -2.40. The molecule has 0 radical (unpaired) electrons. The molecule has 0 bridgehead atoms. The van der Waals surface area contributed by atoms with E-state index in [1.54, 1.807) is 12.4 Å². The predicted molar refractivity (Wildman–Crippen MR) is 193 cm³/mol. The molecule has 1 fully saturated rings. The number of nitrogens with zero attached hydrogens (tertiary/aromatic N) is 2. The first-order valence-corrected chi connectivity index (χ1v) is 17.0. The van der Waals surface area contributed by atoms with E-state index < -0.39 is 35.9 Å². The second-order valence-corrected chi connectivity index (χ2v) is 12.7. The highest BCUT2D eigenvalue weighted by molar-refractivity contribution is 5.98. The van der Waals surface area contributed by atoms with Gasteiger partial charge in [0, 0.05) is 35.6 Å². The van der Waals surface area contributed by atoms with Crippen molar-refractivity contribution < 1.29 is 14.7 Å². The van der Waals surface area contributed by atoms with Crippen molar-refractivity contribution in [2.24, 2.45) is 17.6 Å². The molecule has 1 aliphatic carbocycles. The second-order valence-electron chi connectivity index (χ2n) is 12.7. The lowest BCUT2D eigenvalue weighted by Gasteiger charge is -2.33. The minimum absolute atomic E-state index is 0.0437. The Morgan fingerprint density at radius 2 is 1.43 bits per heavy atom. The van der Waals surface area contributed by atoms with Crippen LogP contribution in [-0.2, 0) is 16.0 Å². The van der Waals surface area contributed by atoms with Crippen molar-refractivity contribution in [3.8, 4) is 0 Å². The number of para-hydroxylation sites is 1. The zero-order valence-electron chi connectivity index (χ0n) is 27.4. The first-order valence-electron chi connectivity index (χ1n) is 17.0. The molecule has 1 amide bonds. The Balaban J connectivity index is 1.29. The Labute approximate surface area is 287 Å². The smallest absolute Gasteiger partial charge is 0.228 e. The monoisotopic (exact) mass is 653 g/mol. The standard InChI is InChI=1S/C41H43N5O3/c42-33(25-24-28-14-3-1-4-15-28)40(48)30-19-13-20-31(30)41(49)45-34-21-8-7-18-32(34)38(46-36-23-10-12-27-44-36)37(35-22-9-11-26-43-35)39(47)29-16-5-2-6-17-29/h1-12,14-18,21-23,26-27,30-31,33,37-39,47H,13,19-20,24-25,42H2,(H,44,46)(H,45,49)/t30?,31?,33-,37+,38-,39-/m0/s1. The van der Waals surface area contributed by atoms with Gasteiger partial charge in [0.25, 0.3) is 0 Å². The summed E-state index contributed by atoms with van der Waals surface area (Å²) in [4.78, 5) is 36.9. The van der Waals surface area contributed by atoms with Crippen LogP contribution < -0.4 is 16.4 Å². The number of aromatic nitrogens is 2. The molecule has 0 aliphatic heterocycles. The maximum absolute atomic E-state index is 14.1. The van der Waals surface area contributed by atoms with Gasteiger partial charge in [-0.25, -0.2) is 4.98 Å². The molecule has 0 saturated heterocycles. The van der Waals surface area contributed by atoms with E-state index in [4.69, 9.17) is 10.7 Å². The average molecular weight is 654 g/mol. The number of carbonyl (C=O) groups excluding carboxylic acids is 2. The number of aliphatic hydroxyl groups is 1. The zero-order chi connectivity index (χ0) is 34.0. The number of benzene rings is 3. The summed E-state index contributed by atoms with van der Waals surface area (Å²) in [7, 11) is 0. The molecule has 0 spiro atoms. The fraction of sp³-hybridized carbons (Fsp3) is 0.268. The van der Waals surface area contributed by atoms with E-state index in [-0.39, 0.29) is 11.7 Å². The first kappa shape index (κ1) is 33.7. The fourth-order valence-corrected chi connectivity index (χ4v) is 7.02. The highest BCUT2D eigenvalue weighted by Gasteiger charge is 2.40. The Morgan fingerprint density at radius 3 is 2.14 bits per heavy atom. The summed E-state index contributed by atoms with van der Waals surface area (Å²) in [6, 6.07) is 37.2. The number of rotatable bonds is 14. The largest absolute Gasteiger partial charge is 0.388 e. The van der Waals surface area contributed by atoms with Crippen molar-refractivity contribution in [2.75, 3.05) is 10.6 Å². The van der Waals surface area contributed by atoms with E-state index in [1.165, 1.54) is 0 Å². The summed E-state index contributed by atoms with van der Waals surface area (Å²) in [6.07, 6.45) is 5.77. The molecule has 6 atom stereocenters. The minimum Gasteiger partial charge on any atom is -0.388 e. The number of pyridine rings is 2. The van der Waals surface area contributed by atoms with E-state index in [0.29, 0.717) is 42.9 Å². The van der Waals surface area contributed by atoms with Crippen LogP contribution in [0.5, 0.6) is 0 Å². The van der Waals surface area contributed by atoms with Crippen molar-refractivity contribution in [1.82, 2.24) is 9.97 Å². The summed E-state index contributed by atoms with van der Waals surface area (Å²) in [6.45, 7) is 0. The van der Waals surface area contributed by atoms with Crippen LogP contribution >= 0.6 is 0 Å². The van der Waals surface area contributed by atoms with Gasteiger partial charge in [0.2, 0.25) is 5.91 Å². The number of carbonyl (C=O) groups is 2. The number of anilines is 2. The Hall–Kier alpha value is -5.18. The highest BCUT2D eigenvalue weighted by atomic mass is 16.3. The normalized spacial score (nSPS) is 18.2. The Kier molecular flexibility index (Phi) is 11.2. The summed E-state index contributed by atoms with van der Waals surface area (Å²) in [5, 5.41) is 18.8. The van der Waals surface area contributed by atoms with Crippen LogP contribution in [0.15, 0.2) is 134 Å². The molecule has 49 heavy (non-hydrogen) atoms. The molecule has 2 aromatic heterocycles. The van der Waals surface area contributed by atoms with E-state index in [1.807, 2.05) is 121 Å². The molecule has 5 N–H and O–H groups in total. The van der Waals surface area contributed by atoms with E-state index in [0.717, 1.165) is 23.1 Å². The van der Waals surface area contributed by atoms with Gasteiger partial charge in [-0.3, -0.25) is 14.6 Å². The van der Waals surface area contributed by atoms with E-state index in [9.17, 15) is 14.7 Å². The predicted octanol–water partition coefficient (Wildman–Crippen LogP) is 7.03. The number of amides is 1. The zero-order valence-corrected chi connectivity index (χ0v) is 27.4. The maximum Gasteiger partial charge on any atom is 0.228 e. The molecule has 1 saturated carbocycles. The second kappa shape index (κ2) is 16.3. The maximum atomic E-state index is 14.1. The van der Waals surface area contributed by atoms with Crippen LogP contribution in [0, 0.1) is 11.8 Å². The molecule has 8 heteroatoms. The Bertz CT molecular complexity index is 1790. The van der Waals surface area contributed by atoms with Crippen molar-refractivity contribution in [3.63, 3.8) is 0 Å². The molecule has 6 rings (SSSR count). The molecule has 3 aromatic carbocycles. The molecule has 2 heterocycles. The van der Waals surface area contributed by atoms with Gasteiger partial charge in [-0.1, -0.05) is 97.4 Å². The summed E-state index contributed by atoms with van der Waals surface area (Å²) >= 11 is 0. The molecule has 8 nitrogen and oxygen atoms in total. The van der Waals surface area contributed by atoms with Crippen molar-refractivity contribution >= 4 is 23.2 Å². The number of nitrogens with two attached hydrogens (primary N) is 1. The van der Waals surface area contributed by atoms with Gasteiger partial charge in [-0.05, 0) is 72.7 Å². The summed E-state index contributed by atoms with van der Waals surface area (Å²) in [5.74, 6) is -1.12. The lowest BCUT2D eigenvalue weighted by atomic mass is 9.82. The number of aryl methyl sites for hydroxylation is 1. The summed E-state index contributed by atoms with van der Waals surface area (Å²) in [5.41, 5.74) is 10.3. The van der Waals surface area contributed by atoms with Crippen LogP contribution in [0.1, 0.15) is 66.1 Å². The number of hydrogen-bond acceptors (Lipinski definition) is 7. The van der Waals surface area contributed by atoms with Gasteiger partial charge >= 0.3 is 0 Å². The van der Waals surface area contributed by atoms with Crippen LogP contribution in [-0.4, -0.2) is 32.8 Å². The van der Waals surface area contributed by atoms with Gasteiger partial charge in [0.15, 0.2) is 5.78 Å². The van der Waals surface area contributed by atoms with Crippen molar-refractivity contribution in [1.29, 1.82) is 0 Å². The first-order chi connectivity index (χ1) is 24.0. The molecule has 5 aromatic rings. The van der Waals surface area contributed by atoms with Crippen molar-refractivity contribution in [2.45, 2.75) is 56.2 Å². The topological polar surface area (TPSA) is 130 Å². The number of nitrogens with one attached hydrogen (secondary N) is 2. The highest BCUT2D eigenvalue weighted by Crippen LogP contribution is 2.44. The number of ketones is 1. The molecule has 1 aliphatic rings. The van der Waals surface area contributed by atoms with Gasteiger partial charge in [-0.2, -0.15) is 0 Å². The quantitative estimate of drug-likeness (QED) is 0.101. The van der Waals surface area contributed by atoms with E-state index >= 15 is 0 Å². The molecular weight excluding hydrogens is 610 g/mol. The van der Waals surface area contributed by atoms with Crippen molar-refractivity contribution in [3.05, 3.63) is 156 Å². The van der Waals surface area contributed by atoms with Gasteiger partial charge in [0.1, 0.15) is 5.82 Å². The van der Waals surface area contributed by atoms with E-state index in [2.05, 4.69) is 15.6 Å². The molecular formula is C41H43N5O3. The van der Waals surface area contributed by atoms with Crippen LogP contribution in [0.2, 0.25) is 0 Å². The fourth-order valence-electron chi connectivity index (χ4n) is 7.02. The van der Waals surface area contributed by atoms with Crippen LogP contribution in [0.4, 0.5) is 11.5 Å². The summed E-state index contributed by atoms with van der Waals surface area (Å²) < 4.78 is 0. The number of Topliss-reactive ketones (excluding diaryl/α,β-unsaturated/α-hetero) is 1. The van der Waals surface area contributed by atoms with Gasteiger partial charge < -0.3 is 21.5 Å². The third-order valence-electron chi connectivity index (χ3n) is 9.56. The third-order valence-corrected chi connectivity index (χ3v) is 9.56. The SMILES string of the molecule is N[C@@H](CCc1ccccc1)C(=O)C1CCCC1C(=O)Nc1ccccc1[C@H](Nc1ccccn1)[C@@H](c1ccccn1)[C@@H](O)c1ccccc1. The van der Waals surface area contributed by atoms with Crippen LogP contribution in [0.25, 0.3) is 0 Å². The molecule has 2 unspecified atom stereocenters. The Morgan fingerprint density at radius 1 is 0.776 bits per heavy atom.